The van der Waals surface area contributed by atoms with Crippen molar-refractivity contribution >= 4 is 23.6 Å². The van der Waals surface area contributed by atoms with Crippen LogP contribution in [0.1, 0.15) is 12.0 Å². The summed E-state index contributed by atoms with van der Waals surface area (Å²) in [7, 11) is 1.95. The lowest BCUT2D eigenvalue weighted by atomic mass is 10.1. The summed E-state index contributed by atoms with van der Waals surface area (Å²) in [5.41, 5.74) is 0.990. The van der Waals surface area contributed by atoms with Crippen molar-refractivity contribution in [3.8, 4) is 0 Å². The minimum absolute atomic E-state index is 0.0913. The number of carbonyl (C=O) groups is 1. The summed E-state index contributed by atoms with van der Waals surface area (Å²) in [6.45, 7) is 2.69. The monoisotopic (exact) mass is 278 g/mol. The number of halogens is 1. The third-order valence-corrected chi connectivity index (χ3v) is 3.63. The van der Waals surface area contributed by atoms with Crippen LogP contribution in [0, 0.1) is 5.92 Å². The molecule has 1 aliphatic rings. The molecule has 1 saturated heterocycles. The Bertz CT molecular complexity index is 456. The number of likely N-dealkylation sites (tertiary alicyclic amines) is 1. The summed E-state index contributed by atoms with van der Waals surface area (Å²) in [6.07, 6.45) is 4.57. The molecule has 0 radical (unpaired) electrons. The third kappa shape index (κ3) is 4.08. The normalized spacial score (nSPS) is 19.3. The van der Waals surface area contributed by atoms with Gasteiger partial charge in [0.1, 0.15) is 0 Å². The van der Waals surface area contributed by atoms with E-state index in [1.54, 1.807) is 6.08 Å². The van der Waals surface area contributed by atoms with Crippen molar-refractivity contribution in [1.29, 1.82) is 0 Å². The van der Waals surface area contributed by atoms with Crippen LogP contribution in [0.4, 0.5) is 0 Å². The fourth-order valence-corrected chi connectivity index (χ4v) is 2.46. The standard InChI is InChI=1S/C15H19ClN2O/c1-17-10-13-8-9-18(11-13)15(19)7-4-12-2-5-14(16)6-3-12/h2-7,13,17H,8-11H2,1H3/b7-4+/t13-/m1/s1. The first-order chi connectivity index (χ1) is 9.19. The molecule has 2 rings (SSSR count). The average Bonchev–Trinajstić information content (AvgIpc) is 2.87. The van der Waals surface area contributed by atoms with Gasteiger partial charge in [0.2, 0.25) is 5.91 Å². The number of rotatable bonds is 4. The van der Waals surface area contributed by atoms with Gasteiger partial charge in [0, 0.05) is 24.2 Å². The zero-order valence-corrected chi connectivity index (χ0v) is 11.9. The maximum atomic E-state index is 12.0. The molecule has 1 fully saturated rings. The summed E-state index contributed by atoms with van der Waals surface area (Å²) in [5, 5.41) is 3.87. The minimum atomic E-state index is 0.0913. The van der Waals surface area contributed by atoms with E-state index in [-0.39, 0.29) is 5.91 Å². The predicted octanol–water partition coefficient (Wildman–Crippen LogP) is 2.42. The summed E-state index contributed by atoms with van der Waals surface area (Å²) >= 11 is 5.82. The topological polar surface area (TPSA) is 32.3 Å². The van der Waals surface area contributed by atoms with Gasteiger partial charge < -0.3 is 10.2 Å². The Hall–Kier alpha value is -1.32. The molecule has 0 bridgehead atoms. The van der Waals surface area contributed by atoms with Crippen molar-refractivity contribution in [1.82, 2.24) is 10.2 Å². The van der Waals surface area contributed by atoms with Crippen LogP contribution < -0.4 is 5.32 Å². The molecule has 1 heterocycles. The molecule has 1 aromatic rings. The Balaban J connectivity index is 1.89. The highest BCUT2D eigenvalue weighted by atomic mass is 35.5. The first-order valence-corrected chi connectivity index (χ1v) is 6.94. The molecule has 1 amide bonds. The zero-order chi connectivity index (χ0) is 13.7. The van der Waals surface area contributed by atoms with Gasteiger partial charge in [-0.1, -0.05) is 23.7 Å². The summed E-state index contributed by atoms with van der Waals surface area (Å²) in [6, 6.07) is 7.45. The van der Waals surface area contributed by atoms with E-state index in [9.17, 15) is 4.79 Å². The number of nitrogens with zero attached hydrogens (tertiary/aromatic N) is 1. The molecule has 0 spiro atoms. The Morgan fingerprint density at radius 3 is 2.89 bits per heavy atom. The Kier molecular flexibility index (Phi) is 5.00. The number of nitrogens with one attached hydrogen (secondary N) is 1. The Morgan fingerprint density at radius 2 is 2.21 bits per heavy atom. The van der Waals surface area contributed by atoms with Gasteiger partial charge in [-0.2, -0.15) is 0 Å². The number of hydrogen-bond donors (Lipinski definition) is 1. The second kappa shape index (κ2) is 6.73. The van der Waals surface area contributed by atoms with Gasteiger partial charge in [0.25, 0.3) is 0 Å². The van der Waals surface area contributed by atoms with Crippen molar-refractivity contribution in [2.45, 2.75) is 6.42 Å². The van der Waals surface area contributed by atoms with Gasteiger partial charge in [-0.3, -0.25) is 4.79 Å². The summed E-state index contributed by atoms with van der Waals surface area (Å²) in [5.74, 6) is 0.673. The third-order valence-electron chi connectivity index (χ3n) is 3.38. The van der Waals surface area contributed by atoms with Crippen LogP contribution in [0.5, 0.6) is 0 Å². The van der Waals surface area contributed by atoms with Crippen molar-refractivity contribution in [2.24, 2.45) is 5.92 Å². The lowest BCUT2D eigenvalue weighted by Crippen LogP contribution is -2.28. The van der Waals surface area contributed by atoms with E-state index < -0.39 is 0 Å². The maximum absolute atomic E-state index is 12.0. The van der Waals surface area contributed by atoms with Gasteiger partial charge in [-0.15, -0.1) is 0 Å². The lowest BCUT2D eigenvalue weighted by molar-refractivity contribution is -0.125. The molecule has 0 aliphatic carbocycles. The molecule has 0 aromatic heterocycles. The van der Waals surface area contributed by atoms with Crippen LogP contribution in [-0.4, -0.2) is 37.5 Å². The zero-order valence-electron chi connectivity index (χ0n) is 11.1. The molecule has 0 saturated carbocycles. The van der Waals surface area contributed by atoms with Gasteiger partial charge >= 0.3 is 0 Å². The van der Waals surface area contributed by atoms with Gasteiger partial charge in [0.05, 0.1) is 0 Å². The summed E-state index contributed by atoms with van der Waals surface area (Å²) in [4.78, 5) is 13.9. The second-order valence-electron chi connectivity index (χ2n) is 4.88. The molecule has 102 valence electrons. The van der Waals surface area contributed by atoms with Crippen molar-refractivity contribution < 1.29 is 4.79 Å². The lowest BCUT2D eigenvalue weighted by Gasteiger charge is -2.14. The molecule has 0 unspecified atom stereocenters. The van der Waals surface area contributed by atoms with E-state index in [4.69, 9.17) is 11.6 Å². The van der Waals surface area contributed by atoms with E-state index >= 15 is 0 Å². The molecule has 19 heavy (non-hydrogen) atoms. The number of carbonyl (C=O) groups excluding carboxylic acids is 1. The van der Waals surface area contributed by atoms with Crippen LogP contribution in [-0.2, 0) is 4.79 Å². The van der Waals surface area contributed by atoms with E-state index in [2.05, 4.69) is 5.32 Å². The molecule has 3 nitrogen and oxygen atoms in total. The maximum Gasteiger partial charge on any atom is 0.246 e. The fourth-order valence-electron chi connectivity index (χ4n) is 2.33. The highest BCUT2D eigenvalue weighted by molar-refractivity contribution is 6.30. The molecule has 1 atom stereocenters. The smallest absolute Gasteiger partial charge is 0.246 e. The number of hydrogen-bond acceptors (Lipinski definition) is 2. The van der Waals surface area contributed by atoms with E-state index in [1.165, 1.54) is 0 Å². The molecular weight excluding hydrogens is 260 g/mol. The molecule has 1 aromatic carbocycles. The van der Waals surface area contributed by atoms with Crippen LogP contribution in [0.15, 0.2) is 30.3 Å². The van der Waals surface area contributed by atoms with E-state index in [1.807, 2.05) is 42.3 Å². The highest BCUT2D eigenvalue weighted by Crippen LogP contribution is 2.16. The van der Waals surface area contributed by atoms with E-state index in [0.717, 1.165) is 31.6 Å². The molecular formula is C15H19ClN2O. The first-order valence-electron chi connectivity index (χ1n) is 6.56. The minimum Gasteiger partial charge on any atom is -0.339 e. The highest BCUT2D eigenvalue weighted by Gasteiger charge is 2.24. The number of amides is 1. The quantitative estimate of drug-likeness (QED) is 0.858. The first kappa shape index (κ1) is 14.1. The van der Waals surface area contributed by atoms with Gasteiger partial charge in [0.15, 0.2) is 0 Å². The Morgan fingerprint density at radius 1 is 1.47 bits per heavy atom. The molecule has 4 heteroatoms. The SMILES string of the molecule is CNC[C@H]1CCN(C(=O)/C=C/c2ccc(Cl)cc2)C1. The molecule has 1 aliphatic heterocycles. The van der Waals surface area contributed by atoms with Gasteiger partial charge in [-0.05, 0) is 49.7 Å². The van der Waals surface area contributed by atoms with Crippen LogP contribution in [0.25, 0.3) is 6.08 Å². The summed E-state index contributed by atoms with van der Waals surface area (Å²) < 4.78 is 0. The van der Waals surface area contributed by atoms with Crippen molar-refractivity contribution in [3.63, 3.8) is 0 Å². The van der Waals surface area contributed by atoms with Crippen LogP contribution >= 0.6 is 11.6 Å². The number of benzene rings is 1. The van der Waals surface area contributed by atoms with Crippen LogP contribution in [0.3, 0.4) is 0 Å². The van der Waals surface area contributed by atoms with Gasteiger partial charge in [-0.25, -0.2) is 0 Å². The predicted molar refractivity (Wildman–Crippen MR) is 79.1 cm³/mol. The fraction of sp³-hybridized carbons (Fsp3) is 0.400. The van der Waals surface area contributed by atoms with E-state index in [0.29, 0.717) is 10.9 Å². The van der Waals surface area contributed by atoms with Crippen molar-refractivity contribution in [3.05, 3.63) is 40.9 Å². The van der Waals surface area contributed by atoms with Crippen molar-refractivity contribution in [2.75, 3.05) is 26.7 Å². The average molecular weight is 279 g/mol. The Labute approximate surface area is 119 Å². The largest absolute Gasteiger partial charge is 0.339 e. The van der Waals surface area contributed by atoms with Crippen LogP contribution in [0.2, 0.25) is 5.02 Å². The second-order valence-corrected chi connectivity index (χ2v) is 5.32. The molecule has 1 N–H and O–H groups in total.